The average Bonchev–Trinajstić information content (AvgIpc) is 2.47. The van der Waals surface area contributed by atoms with E-state index in [2.05, 4.69) is 26.1 Å². The Bertz CT molecular complexity index is 189. The summed E-state index contributed by atoms with van der Waals surface area (Å²) in [5, 5.41) is 3.44. The Morgan fingerprint density at radius 1 is 1.00 bits per heavy atom. The lowest BCUT2D eigenvalue weighted by molar-refractivity contribution is 0.184. The lowest BCUT2D eigenvalue weighted by atomic mass is 10.2. The van der Waals surface area contributed by atoms with Gasteiger partial charge in [0.15, 0.2) is 0 Å². The summed E-state index contributed by atoms with van der Waals surface area (Å²) < 4.78 is 12.0. The van der Waals surface area contributed by atoms with Crippen molar-refractivity contribution in [3.63, 3.8) is 0 Å². The van der Waals surface area contributed by atoms with Gasteiger partial charge in [-0.2, -0.15) is 0 Å². The average molecular weight is 305 g/mol. The van der Waals surface area contributed by atoms with Gasteiger partial charge in [0.05, 0.1) is 0 Å². The van der Waals surface area contributed by atoms with E-state index in [1.807, 2.05) is 0 Å². The number of nitrogens with two attached hydrogens (primary N) is 1. The molecule has 20 heavy (non-hydrogen) atoms. The van der Waals surface area contributed by atoms with E-state index in [4.69, 9.17) is 14.6 Å². The van der Waals surface area contributed by atoms with Gasteiger partial charge >= 0.3 is 9.28 Å². The fourth-order valence-electron chi connectivity index (χ4n) is 2.16. The second kappa shape index (κ2) is 15.4. The molecule has 0 aliphatic rings. The molecule has 0 rings (SSSR count). The zero-order valence-electron chi connectivity index (χ0n) is 13.8. The van der Waals surface area contributed by atoms with Crippen LogP contribution in [0.4, 0.5) is 0 Å². The Morgan fingerprint density at radius 2 is 1.60 bits per heavy atom. The smallest absolute Gasteiger partial charge is 0.324 e. The summed E-state index contributed by atoms with van der Waals surface area (Å²) >= 11 is 0. The van der Waals surface area contributed by atoms with E-state index in [9.17, 15) is 0 Å². The molecular formula is C15H36N2O2Si. The predicted molar refractivity (Wildman–Crippen MR) is 89.5 cm³/mol. The van der Waals surface area contributed by atoms with E-state index in [0.29, 0.717) is 5.54 Å². The highest BCUT2D eigenvalue weighted by molar-refractivity contribution is 6.46. The van der Waals surface area contributed by atoms with Crippen molar-refractivity contribution in [3.8, 4) is 0 Å². The van der Waals surface area contributed by atoms with Crippen molar-refractivity contribution in [1.29, 1.82) is 0 Å². The summed E-state index contributed by atoms with van der Waals surface area (Å²) in [4.78, 5) is 0. The second-order valence-corrected chi connectivity index (χ2v) is 7.66. The Kier molecular flexibility index (Phi) is 15.5. The molecule has 0 radical (unpaired) electrons. The molecule has 0 aromatic heterocycles. The molecule has 0 saturated heterocycles. The van der Waals surface area contributed by atoms with Crippen LogP contribution in [0.1, 0.15) is 59.3 Å². The number of hydrogen-bond acceptors (Lipinski definition) is 4. The molecule has 4 nitrogen and oxygen atoms in total. The van der Waals surface area contributed by atoms with E-state index in [0.717, 1.165) is 52.1 Å². The molecule has 0 heterocycles. The van der Waals surface area contributed by atoms with Crippen LogP contribution in [0.15, 0.2) is 0 Å². The van der Waals surface area contributed by atoms with Crippen molar-refractivity contribution >= 4 is 9.28 Å². The molecule has 0 aromatic rings. The first-order valence-corrected chi connectivity index (χ1v) is 10.0. The van der Waals surface area contributed by atoms with Gasteiger partial charge in [0.25, 0.3) is 0 Å². The van der Waals surface area contributed by atoms with E-state index < -0.39 is 9.28 Å². The van der Waals surface area contributed by atoms with Crippen LogP contribution in [0.5, 0.6) is 0 Å². The third kappa shape index (κ3) is 10.8. The summed E-state index contributed by atoms with van der Waals surface area (Å²) in [6, 6.07) is 0. The standard InChI is InChI=1S/C15H36N2O2Si/c1-4-13-18-20(19-14-5-2)15(6-3)9-7-11-17-12-8-10-16/h15,17,20H,4-14,16H2,1-3H3. The zero-order chi connectivity index (χ0) is 15.1. The first-order chi connectivity index (χ1) is 9.79. The minimum atomic E-state index is -1.50. The minimum Gasteiger partial charge on any atom is -0.396 e. The van der Waals surface area contributed by atoms with Crippen LogP contribution in [0.2, 0.25) is 5.54 Å². The molecular weight excluding hydrogens is 268 g/mol. The SMILES string of the molecule is CCCO[SiH](OCCC)C(CC)CCCNCCCN. The first kappa shape index (κ1) is 20.1. The molecule has 122 valence electrons. The topological polar surface area (TPSA) is 56.5 Å². The Morgan fingerprint density at radius 3 is 2.10 bits per heavy atom. The number of rotatable bonds is 15. The minimum absolute atomic E-state index is 0.643. The maximum Gasteiger partial charge on any atom is 0.324 e. The number of hydrogen-bond donors (Lipinski definition) is 2. The van der Waals surface area contributed by atoms with Gasteiger partial charge in [-0.15, -0.1) is 0 Å². The Hall–Kier alpha value is 0.0569. The van der Waals surface area contributed by atoms with Gasteiger partial charge < -0.3 is 19.9 Å². The summed E-state index contributed by atoms with van der Waals surface area (Å²) in [5.41, 5.74) is 6.12. The van der Waals surface area contributed by atoms with Crippen molar-refractivity contribution in [2.24, 2.45) is 5.73 Å². The molecule has 0 aliphatic carbocycles. The van der Waals surface area contributed by atoms with Gasteiger partial charge in [0, 0.05) is 13.2 Å². The van der Waals surface area contributed by atoms with Crippen molar-refractivity contribution in [2.45, 2.75) is 64.8 Å². The Balaban J connectivity index is 3.94. The normalized spacial score (nSPS) is 13.1. The van der Waals surface area contributed by atoms with Gasteiger partial charge in [-0.3, -0.25) is 0 Å². The lowest BCUT2D eigenvalue weighted by Crippen LogP contribution is -2.30. The molecule has 5 heteroatoms. The Labute approximate surface area is 127 Å². The van der Waals surface area contributed by atoms with Gasteiger partial charge in [-0.25, -0.2) is 0 Å². The molecule has 3 N–H and O–H groups in total. The van der Waals surface area contributed by atoms with Crippen LogP contribution < -0.4 is 11.1 Å². The van der Waals surface area contributed by atoms with E-state index in [1.165, 1.54) is 19.3 Å². The van der Waals surface area contributed by atoms with Crippen LogP contribution in [0.3, 0.4) is 0 Å². The lowest BCUT2D eigenvalue weighted by Gasteiger charge is -2.24. The van der Waals surface area contributed by atoms with E-state index in [-0.39, 0.29) is 0 Å². The molecule has 0 aliphatic heterocycles. The van der Waals surface area contributed by atoms with Gasteiger partial charge in [0.1, 0.15) is 0 Å². The van der Waals surface area contributed by atoms with Gasteiger partial charge in [-0.05, 0) is 57.3 Å². The fraction of sp³-hybridized carbons (Fsp3) is 1.00. The third-order valence-electron chi connectivity index (χ3n) is 3.37. The van der Waals surface area contributed by atoms with Crippen molar-refractivity contribution in [3.05, 3.63) is 0 Å². The molecule has 0 bridgehead atoms. The van der Waals surface area contributed by atoms with E-state index >= 15 is 0 Å². The summed E-state index contributed by atoms with van der Waals surface area (Å²) in [7, 11) is -1.50. The quantitative estimate of drug-likeness (QED) is 0.361. The molecule has 0 aromatic carbocycles. The fourth-order valence-corrected chi connectivity index (χ4v) is 4.63. The monoisotopic (exact) mass is 304 g/mol. The van der Waals surface area contributed by atoms with Crippen LogP contribution in [0.25, 0.3) is 0 Å². The number of nitrogens with one attached hydrogen (secondary N) is 1. The molecule has 1 unspecified atom stereocenters. The van der Waals surface area contributed by atoms with Gasteiger partial charge in [-0.1, -0.05) is 27.2 Å². The van der Waals surface area contributed by atoms with Crippen molar-refractivity contribution in [1.82, 2.24) is 5.32 Å². The van der Waals surface area contributed by atoms with Gasteiger partial charge in [0.2, 0.25) is 0 Å². The predicted octanol–water partition coefficient (Wildman–Crippen LogP) is 2.56. The summed E-state index contributed by atoms with van der Waals surface area (Å²) in [6.45, 7) is 11.2. The highest BCUT2D eigenvalue weighted by atomic mass is 28.3. The van der Waals surface area contributed by atoms with Crippen LogP contribution in [-0.2, 0) is 8.85 Å². The summed E-state index contributed by atoms with van der Waals surface area (Å²) in [6.07, 6.45) is 6.82. The van der Waals surface area contributed by atoms with Crippen LogP contribution in [0, 0.1) is 0 Å². The maximum atomic E-state index is 6.02. The zero-order valence-corrected chi connectivity index (χ0v) is 15.0. The van der Waals surface area contributed by atoms with Crippen LogP contribution in [-0.4, -0.2) is 42.1 Å². The molecule has 0 spiro atoms. The molecule has 0 saturated carbocycles. The van der Waals surface area contributed by atoms with Crippen molar-refractivity contribution in [2.75, 3.05) is 32.8 Å². The van der Waals surface area contributed by atoms with E-state index in [1.54, 1.807) is 0 Å². The second-order valence-electron chi connectivity index (χ2n) is 5.31. The largest absolute Gasteiger partial charge is 0.396 e. The first-order valence-electron chi connectivity index (χ1n) is 8.44. The maximum absolute atomic E-state index is 6.02. The highest BCUT2D eigenvalue weighted by Crippen LogP contribution is 2.23. The summed E-state index contributed by atoms with van der Waals surface area (Å²) in [5.74, 6) is 0. The van der Waals surface area contributed by atoms with Crippen LogP contribution >= 0.6 is 0 Å². The third-order valence-corrected chi connectivity index (χ3v) is 6.07. The molecule has 0 amide bonds. The van der Waals surface area contributed by atoms with Crippen molar-refractivity contribution < 1.29 is 8.85 Å². The molecule has 1 atom stereocenters. The highest BCUT2D eigenvalue weighted by Gasteiger charge is 2.24. The molecule has 0 fully saturated rings.